The van der Waals surface area contributed by atoms with Gasteiger partial charge in [0.25, 0.3) is 11.1 Å². The molecule has 1 fully saturated rings. The van der Waals surface area contributed by atoms with E-state index in [-0.39, 0.29) is 24.3 Å². The fourth-order valence-corrected chi connectivity index (χ4v) is 3.85. The summed E-state index contributed by atoms with van der Waals surface area (Å²) in [6.45, 7) is 2.10. The van der Waals surface area contributed by atoms with E-state index in [9.17, 15) is 9.59 Å². The summed E-state index contributed by atoms with van der Waals surface area (Å²) >= 11 is 4.29. The largest absolute Gasteiger partial charge is 0.478 e. The Kier molecular flexibility index (Phi) is 5.99. The minimum Gasteiger partial charge on any atom is -0.478 e. The number of hydrogen-bond acceptors (Lipinski definition) is 5. The summed E-state index contributed by atoms with van der Waals surface area (Å²) in [7, 11) is 0. The lowest BCUT2D eigenvalue weighted by molar-refractivity contribution is -0.123. The predicted molar refractivity (Wildman–Crippen MR) is 108 cm³/mol. The first-order valence-electron chi connectivity index (χ1n) is 8.08. The summed E-state index contributed by atoms with van der Waals surface area (Å²) in [5, 5.41) is 8.42. The van der Waals surface area contributed by atoms with Crippen LogP contribution in [0.2, 0.25) is 0 Å². The van der Waals surface area contributed by atoms with E-state index >= 15 is 0 Å². The smallest absolute Gasteiger partial charge is 0.293 e. The van der Waals surface area contributed by atoms with Crippen molar-refractivity contribution < 1.29 is 14.3 Å². The van der Waals surface area contributed by atoms with Gasteiger partial charge in [-0.2, -0.15) is 5.26 Å². The molecule has 3 rings (SSSR count). The number of benzene rings is 2. The molecule has 1 aliphatic heterocycles. The van der Waals surface area contributed by atoms with Crippen LogP contribution in [0.5, 0.6) is 5.75 Å². The highest BCUT2D eigenvalue weighted by Gasteiger charge is 2.35. The zero-order valence-corrected chi connectivity index (χ0v) is 16.8. The molecule has 1 aliphatic rings. The van der Waals surface area contributed by atoms with Gasteiger partial charge >= 0.3 is 0 Å². The standard InChI is InChI=1S/C20H15BrN2O3S/c1-13-3-2-4-14(9-13)12-23-19(24)18(27-20(23)25)11-15-10-16(21)5-6-17(15)26-8-7-22/h2-6,9-11H,8,12H2,1H3/b18-11-. The van der Waals surface area contributed by atoms with Crippen LogP contribution in [-0.2, 0) is 11.3 Å². The van der Waals surface area contributed by atoms with Crippen molar-refractivity contribution in [1.82, 2.24) is 4.90 Å². The Balaban J connectivity index is 1.86. The number of nitriles is 1. The third-order valence-corrected chi connectivity index (χ3v) is 5.25. The highest BCUT2D eigenvalue weighted by molar-refractivity contribution is 9.10. The van der Waals surface area contributed by atoms with Crippen molar-refractivity contribution in [2.45, 2.75) is 13.5 Å². The van der Waals surface area contributed by atoms with Crippen molar-refractivity contribution in [3.05, 3.63) is 68.5 Å². The first-order chi connectivity index (χ1) is 13.0. The lowest BCUT2D eigenvalue weighted by Crippen LogP contribution is -2.27. The molecule has 0 saturated carbocycles. The Morgan fingerprint density at radius 1 is 1.26 bits per heavy atom. The summed E-state index contributed by atoms with van der Waals surface area (Å²) in [6.07, 6.45) is 1.62. The molecule has 2 aromatic carbocycles. The maximum atomic E-state index is 12.7. The van der Waals surface area contributed by atoms with Gasteiger partial charge in [-0.1, -0.05) is 45.8 Å². The molecule has 1 saturated heterocycles. The Bertz CT molecular complexity index is 981. The number of carbonyl (C=O) groups is 2. The van der Waals surface area contributed by atoms with Gasteiger partial charge in [-0.25, -0.2) is 0 Å². The highest BCUT2D eigenvalue weighted by atomic mass is 79.9. The van der Waals surface area contributed by atoms with Gasteiger partial charge in [0.1, 0.15) is 11.8 Å². The number of hydrogen-bond donors (Lipinski definition) is 0. The molecule has 2 amide bonds. The Morgan fingerprint density at radius 3 is 2.81 bits per heavy atom. The van der Waals surface area contributed by atoms with Gasteiger partial charge in [-0.05, 0) is 48.5 Å². The van der Waals surface area contributed by atoms with Crippen LogP contribution in [0.4, 0.5) is 4.79 Å². The zero-order chi connectivity index (χ0) is 19.4. The highest BCUT2D eigenvalue weighted by Crippen LogP contribution is 2.35. The van der Waals surface area contributed by atoms with Crippen molar-refractivity contribution in [1.29, 1.82) is 5.26 Å². The summed E-state index contributed by atoms with van der Waals surface area (Å²) in [5.41, 5.74) is 2.60. The van der Waals surface area contributed by atoms with Crippen LogP contribution < -0.4 is 4.74 Å². The maximum absolute atomic E-state index is 12.7. The fourth-order valence-electron chi connectivity index (χ4n) is 2.64. The molecule has 0 spiro atoms. The molecule has 0 N–H and O–H groups in total. The number of ether oxygens (including phenoxy) is 1. The molecule has 1 heterocycles. The Hall–Kier alpha value is -2.56. The monoisotopic (exact) mass is 442 g/mol. The Morgan fingerprint density at radius 2 is 2.07 bits per heavy atom. The van der Waals surface area contributed by atoms with Gasteiger partial charge in [0.05, 0.1) is 11.4 Å². The van der Waals surface area contributed by atoms with E-state index in [1.54, 1.807) is 24.3 Å². The van der Waals surface area contributed by atoms with Gasteiger partial charge in [-0.3, -0.25) is 14.5 Å². The molecule has 0 bridgehead atoms. The fraction of sp³-hybridized carbons (Fsp3) is 0.150. The van der Waals surface area contributed by atoms with E-state index in [4.69, 9.17) is 10.00 Å². The topological polar surface area (TPSA) is 70.4 Å². The minimum atomic E-state index is -0.335. The van der Waals surface area contributed by atoms with Crippen molar-refractivity contribution in [2.24, 2.45) is 0 Å². The molecular weight excluding hydrogens is 428 g/mol. The van der Waals surface area contributed by atoms with E-state index in [0.717, 1.165) is 27.4 Å². The lowest BCUT2D eigenvalue weighted by atomic mass is 10.1. The van der Waals surface area contributed by atoms with Crippen molar-refractivity contribution in [2.75, 3.05) is 6.61 Å². The minimum absolute atomic E-state index is 0.0999. The quantitative estimate of drug-likeness (QED) is 0.615. The number of halogens is 1. The van der Waals surface area contributed by atoms with Crippen LogP contribution in [0, 0.1) is 18.3 Å². The SMILES string of the molecule is Cc1cccc(CN2C(=O)S/C(=C\c3cc(Br)ccc3OCC#N)C2=O)c1. The number of rotatable bonds is 5. The average Bonchev–Trinajstić information content (AvgIpc) is 2.89. The van der Waals surface area contributed by atoms with Crippen LogP contribution in [0.3, 0.4) is 0 Å². The molecular formula is C20H15BrN2O3S. The van der Waals surface area contributed by atoms with E-state index in [2.05, 4.69) is 15.9 Å². The van der Waals surface area contributed by atoms with E-state index in [1.807, 2.05) is 37.3 Å². The summed E-state index contributed by atoms with van der Waals surface area (Å²) < 4.78 is 6.21. The van der Waals surface area contributed by atoms with Gasteiger partial charge < -0.3 is 4.74 Å². The first kappa shape index (κ1) is 19.2. The second-order valence-corrected chi connectivity index (χ2v) is 7.79. The van der Waals surface area contributed by atoms with E-state index in [1.165, 1.54) is 4.90 Å². The molecule has 5 nitrogen and oxygen atoms in total. The van der Waals surface area contributed by atoms with Crippen LogP contribution in [-0.4, -0.2) is 22.7 Å². The summed E-state index contributed by atoms with van der Waals surface area (Å²) in [4.78, 5) is 26.6. The van der Waals surface area contributed by atoms with Gasteiger partial charge in [0, 0.05) is 10.0 Å². The second-order valence-electron chi connectivity index (χ2n) is 5.89. The van der Waals surface area contributed by atoms with E-state index < -0.39 is 0 Å². The molecule has 0 unspecified atom stereocenters. The zero-order valence-electron chi connectivity index (χ0n) is 14.4. The number of aryl methyl sites for hydroxylation is 1. The number of thioether (sulfide) groups is 1. The number of nitrogens with zero attached hydrogens (tertiary/aromatic N) is 2. The second kappa shape index (κ2) is 8.42. The molecule has 0 aliphatic carbocycles. The van der Waals surface area contributed by atoms with Crippen LogP contribution in [0.1, 0.15) is 16.7 Å². The Labute approximate surface area is 169 Å². The molecule has 27 heavy (non-hydrogen) atoms. The predicted octanol–water partition coefficient (Wildman–Crippen LogP) is 4.90. The van der Waals surface area contributed by atoms with Crippen molar-refractivity contribution >= 4 is 44.9 Å². The molecule has 2 aromatic rings. The third kappa shape index (κ3) is 4.59. The third-order valence-electron chi connectivity index (χ3n) is 3.85. The van der Waals surface area contributed by atoms with Gasteiger partial charge in [0.2, 0.25) is 0 Å². The number of amides is 2. The lowest BCUT2D eigenvalue weighted by Gasteiger charge is -2.13. The molecule has 0 atom stereocenters. The van der Waals surface area contributed by atoms with Gasteiger partial charge in [-0.15, -0.1) is 0 Å². The van der Waals surface area contributed by atoms with Crippen LogP contribution in [0.15, 0.2) is 51.8 Å². The first-order valence-corrected chi connectivity index (χ1v) is 9.69. The molecule has 7 heteroatoms. The maximum Gasteiger partial charge on any atom is 0.293 e. The average molecular weight is 443 g/mol. The summed E-state index contributed by atoms with van der Waals surface area (Å²) in [5.74, 6) is 0.142. The van der Waals surface area contributed by atoms with E-state index in [0.29, 0.717) is 16.2 Å². The van der Waals surface area contributed by atoms with Crippen molar-refractivity contribution in [3.8, 4) is 11.8 Å². The van der Waals surface area contributed by atoms with Gasteiger partial charge in [0.15, 0.2) is 6.61 Å². The number of carbonyl (C=O) groups excluding carboxylic acids is 2. The van der Waals surface area contributed by atoms with Crippen LogP contribution >= 0.6 is 27.7 Å². The molecule has 0 radical (unpaired) electrons. The normalized spacial score (nSPS) is 15.3. The van der Waals surface area contributed by atoms with Crippen molar-refractivity contribution in [3.63, 3.8) is 0 Å². The summed E-state index contributed by atoms with van der Waals surface area (Å²) in [6, 6.07) is 14.9. The van der Waals surface area contributed by atoms with Crippen LogP contribution in [0.25, 0.3) is 6.08 Å². The molecule has 0 aromatic heterocycles. The number of imide groups is 1. The molecule has 136 valence electrons.